The first-order valence-electron chi connectivity index (χ1n) is 21.5. The van der Waals surface area contributed by atoms with E-state index in [2.05, 4.69) is 56.4 Å². The summed E-state index contributed by atoms with van der Waals surface area (Å²) in [6.45, 7) is 4.03. The topological polar surface area (TPSA) is 149 Å². The second-order valence-electron chi connectivity index (χ2n) is 15.7. The van der Waals surface area contributed by atoms with Gasteiger partial charge in [0.2, 0.25) is 0 Å². The summed E-state index contributed by atoms with van der Waals surface area (Å²) in [5.41, 5.74) is 0. The van der Waals surface area contributed by atoms with Crippen LogP contribution in [0.1, 0.15) is 155 Å². The molecule has 3 N–H and O–H groups in total. The first-order chi connectivity index (χ1) is 26.8. The van der Waals surface area contributed by atoms with Gasteiger partial charge in [0.15, 0.2) is 6.10 Å². The summed E-state index contributed by atoms with van der Waals surface area (Å²) in [5, 5.41) is 20.5. The van der Waals surface area contributed by atoms with Crippen LogP contribution in [0, 0.1) is 0 Å². The number of unbranched alkanes of at least 4 members (excludes halogenated alkanes) is 12. The van der Waals surface area contributed by atoms with Gasteiger partial charge in [-0.25, -0.2) is 4.57 Å². The van der Waals surface area contributed by atoms with Crippen LogP contribution in [-0.4, -0.2) is 97.3 Å². The van der Waals surface area contributed by atoms with Crippen LogP contribution in [-0.2, 0) is 32.7 Å². The zero-order valence-electron chi connectivity index (χ0n) is 35.8. The van der Waals surface area contributed by atoms with Crippen LogP contribution in [0.25, 0.3) is 0 Å². The lowest BCUT2D eigenvalue weighted by Crippen LogP contribution is -2.37. The summed E-state index contributed by atoms with van der Waals surface area (Å²) in [7, 11) is 1.36. The minimum atomic E-state index is -4.42. The average Bonchev–Trinajstić information content (AvgIpc) is 3.14. The number of quaternary nitrogens is 1. The highest BCUT2D eigenvalue weighted by Gasteiger charge is 2.27. The van der Waals surface area contributed by atoms with Crippen molar-refractivity contribution in [3.05, 3.63) is 48.6 Å². The summed E-state index contributed by atoms with van der Waals surface area (Å²) in [6.07, 6.45) is 33.2. The normalized spacial score (nSPS) is 15.2. The molecule has 0 bridgehead atoms. The molecule has 0 aliphatic carbocycles. The highest BCUT2D eigenvalue weighted by Crippen LogP contribution is 2.43. The van der Waals surface area contributed by atoms with E-state index in [4.69, 9.17) is 18.5 Å². The van der Waals surface area contributed by atoms with Crippen LogP contribution in [0.15, 0.2) is 48.6 Å². The third kappa shape index (κ3) is 37.5. The predicted molar refractivity (Wildman–Crippen MR) is 227 cm³/mol. The summed E-state index contributed by atoms with van der Waals surface area (Å²) in [5.74, 6) is -0.934. The van der Waals surface area contributed by atoms with Gasteiger partial charge < -0.3 is 29.1 Å². The molecule has 0 aliphatic rings. The number of carbonyl (C=O) groups is 2. The number of rotatable bonds is 38. The SMILES string of the molecule is CC/C=C\C/C=C\C/C=C\CCCCCCCC(=O)OC[C@H](COP(=O)(O)OCC[N+](C)(C)C)OC(=O)CCCCCCC[C@H](O)[C@@H](O)C/C=C\CCCCC. The third-order valence-corrected chi connectivity index (χ3v) is 10.0. The number of likely N-dealkylation sites (N-methyl/N-ethyl adjacent to an activating group) is 1. The fraction of sp³-hybridized carbons (Fsp3) is 0.773. The quantitative estimate of drug-likeness (QED) is 0.0181. The van der Waals surface area contributed by atoms with Crippen LogP contribution in [0.3, 0.4) is 0 Å². The van der Waals surface area contributed by atoms with Crippen LogP contribution in [0.4, 0.5) is 0 Å². The molecule has 12 heteroatoms. The fourth-order valence-corrected chi connectivity index (χ4v) is 6.26. The number of phosphoric acid groups is 1. The first-order valence-corrected chi connectivity index (χ1v) is 23.0. The number of hydrogen-bond acceptors (Lipinski definition) is 9. The Bertz CT molecular complexity index is 1130. The van der Waals surface area contributed by atoms with Crippen LogP contribution >= 0.6 is 7.82 Å². The molecule has 0 aliphatic heterocycles. The molecule has 0 rings (SSSR count). The average molecular weight is 815 g/mol. The molecule has 0 radical (unpaired) electrons. The molecule has 0 saturated carbocycles. The molecule has 326 valence electrons. The van der Waals surface area contributed by atoms with Crippen molar-refractivity contribution in [1.82, 2.24) is 0 Å². The van der Waals surface area contributed by atoms with Gasteiger partial charge in [-0.05, 0) is 70.6 Å². The van der Waals surface area contributed by atoms with E-state index in [1.54, 1.807) is 0 Å². The van der Waals surface area contributed by atoms with E-state index in [9.17, 15) is 29.3 Å². The van der Waals surface area contributed by atoms with Gasteiger partial charge in [0.25, 0.3) is 0 Å². The molecule has 1 unspecified atom stereocenters. The van der Waals surface area contributed by atoms with Gasteiger partial charge in [0, 0.05) is 12.8 Å². The van der Waals surface area contributed by atoms with Gasteiger partial charge in [-0.15, -0.1) is 0 Å². The second-order valence-corrected chi connectivity index (χ2v) is 17.1. The Hall–Kier alpha value is -2.11. The largest absolute Gasteiger partial charge is 0.472 e. The highest BCUT2D eigenvalue weighted by molar-refractivity contribution is 7.47. The summed E-state index contributed by atoms with van der Waals surface area (Å²) in [6, 6.07) is 0. The minimum Gasteiger partial charge on any atom is -0.462 e. The lowest BCUT2D eigenvalue weighted by atomic mass is 10.0. The lowest BCUT2D eigenvalue weighted by Gasteiger charge is -2.24. The smallest absolute Gasteiger partial charge is 0.462 e. The number of ether oxygens (including phenoxy) is 2. The Morgan fingerprint density at radius 2 is 1.20 bits per heavy atom. The number of allylic oxidation sites excluding steroid dienone is 7. The van der Waals surface area contributed by atoms with Crippen LogP contribution in [0.2, 0.25) is 0 Å². The van der Waals surface area contributed by atoms with E-state index in [0.29, 0.717) is 36.7 Å². The number of phosphoric ester groups is 1. The molecule has 0 fully saturated rings. The number of aliphatic hydroxyl groups excluding tert-OH is 2. The van der Waals surface area contributed by atoms with E-state index in [-0.39, 0.29) is 26.1 Å². The number of hydrogen-bond donors (Lipinski definition) is 3. The molecular weight excluding hydrogens is 733 g/mol. The van der Waals surface area contributed by atoms with Gasteiger partial charge in [-0.1, -0.05) is 120 Å². The van der Waals surface area contributed by atoms with Crippen molar-refractivity contribution in [3.63, 3.8) is 0 Å². The maximum atomic E-state index is 12.7. The van der Waals surface area contributed by atoms with Gasteiger partial charge in [-0.2, -0.15) is 0 Å². The molecule has 0 heterocycles. The van der Waals surface area contributed by atoms with Crippen molar-refractivity contribution in [2.24, 2.45) is 0 Å². The fourth-order valence-electron chi connectivity index (χ4n) is 5.52. The third-order valence-electron chi connectivity index (χ3n) is 9.04. The molecule has 0 spiro atoms. The van der Waals surface area contributed by atoms with E-state index >= 15 is 0 Å². The zero-order chi connectivity index (χ0) is 41.8. The van der Waals surface area contributed by atoms with E-state index in [0.717, 1.165) is 89.9 Å². The molecule has 0 aromatic rings. The first kappa shape index (κ1) is 53.9. The Morgan fingerprint density at radius 1 is 0.643 bits per heavy atom. The van der Waals surface area contributed by atoms with Gasteiger partial charge >= 0.3 is 19.8 Å². The number of esters is 2. The summed E-state index contributed by atoms with van der Waals surface area (Å²) in [4.78, 5) is 35.3. The van der Waals surface area contributed by atoms with Crippen LogP contribution in [0.5, 0.6) is 0 Å². The van der Waals surface area contributed by atoms with Crippen molar-refractivity contribution in [1.29, 1.82) is 0 Å². The highest BCUT2D eigenvalue weighted by atomic mass is 31.2. The number of nitrogens with zero attached hydrogens (tertiary/aromatic N) is 1. The van der Waals surface area contributed by atoms with Crippen molar-refractivity contribution < 1.29 is 52.3 Å². The second kappa shape index (κ2) is 36.0. The zero-order valence-corrected chi connectivity index (χ0v) is 36.7. The molecule has 0 aromatic carbocycles. The van der Waals surface area contributed by atoms with Crippen molar-refractivity contribution in [2.45, 2.75) is 173 Å². The molecule has 0 amide bonds. The molecule has 4 atom stereocenters. The maximum absolute atomic E-state index is 12.7. The molecule has 0 saturated heterocycles. The van der Waals surface area contributed by atoms with Gasteiger partial charge in [0.1, 0.15) is 19.8 Å². The Labute approximate surface area is 340 Å². The van der Waals surface area contributed by atoms with Crippen molar-refractivity contribution in [3.8, 4) is 0 Å². The van der Waals surface area contributed by atoms with E-state index in [1.807, 2.05) is 27.2 Å². The van der Waals surface area contributed by atoms with Gasteiger partial charge in [0.05, 0.1) is 40.0 Å². The number of carbonyl (C=O) groups excluding carboxylic acids is 2. The standard InChI is InChI=1S/C44H80NO10P/c1-6-8-10-12-14-15-16-17-18-19-20-21-22-26-30-34-43(48)52-38-40(39-54-56(50,51)53-37-36-45(3,4)5)55-44(49)35-31-27-23-25-29-33-42(47)41(46)32-28-24-13-11-9-7-2/h8,10,14-15,17-18,24,28,40-42,46-47H,6-7,9,11-13,16,19-23,25-27,29-39H2,1-5H3/p+1/b10-8-,15-14-,18-17-,28-24-/t40-,41+,42+/m1/s1. The van der Waals surface area contributed by atoms with E-state index in [1.165, 1.54) is 12.8 Å². The van der Waals surface area contributed by atoms with E-state index < -0.39 is 44.7 Å². The summed E-state index contributed by atoms with van der Waals surface area (Å²) < 4.78 is 34.1. The maximum Gasteiger partial charge on any atom is 0.472 e. The van der Waals surface area contributed by atoms with Gasteiger partial charge in [-0.3, -0.25) is 18.6 Å². The Morgan fingerprint density at radius 3 is 1.84 bits per heavy atom. The Balaban J connectivity index is 4.53. The number of aliphatic hydroxyl groups is 2. The monoisotopic (exact) mass is 815 g/mol. The molecule has 56 heavy (non-hydrogen) atoms. The molecule has 0 aromatic heterocycles. The summed E-state index contributed by atoms with van der Waals surface area (Å²) >= 11 is 0. The molecule has 11 nitrogen and oxygen atoms in total. The molecular formula is C44H81NO10P+. The lowest BCUT2D eigenvalue weighted by molar-refractivity contribution is -0.870. The predicted octanol–water partition coefficient (Wildman–Crippen LogP) is 9.85. The van der Waals surface area contributed by atoms with Crippen molar-refractivity contribution in [2.75, 3.05) is 47.5 Å². The minimum absolute atomic E-state index is 0.00147. The Kier molecular flexibility index (Phi) is 34.6. The van der Waals surface area contributed by atoms with Crippen LogP contribution < -0.4 is 0 Å². The van der Waals surface area contributed by atoms with Crippen molar-refractivity contribution >= 4 is 19.8 Å².